The number of nitrogens with one attached hydrogen (secondary N) is 1. The van der Waals surface area contributed by atoms with Crippen molar-refractivity contribution < 1.29 is 53.5 Å². The van der Waals surface area contributed by atoms with Gasteiger partial charge in [0.25, 0.3) is 17.7 Å². The van der Waals surface area contributed by atoms with Crippen LogP contribution in [-0.4, -0.2) is 173 Å². The molecule has 13 rings (SSSR count). The molecule has 4 aliphatic heterocycles. The van der Waals surface area contributed by atoms with E-state index in [1.807, 2.05) is 108 Å². The first kappa shape index (κ1) is 79.9. The lowest BCUT2D eigenvalue weighted by atomic mass is 10.0. The molecule has 7 fully saturated rings. The van der Waals surface area contributed by atoms with E-state index in [9.17, 15) is 34.2 Å². The summed E-state index contributed by atoms with van der Waals surface area (Å²) >= 11 is 3.32. The Balaban J connectivity index is 0.000000165. The maximum atomic E-state index is 13.4. The van der Waals surface area contributed by atoms with E-state index in [1.54, 1.807) is 31.2 Å². The second-order valence-electron chi connectivity index (χ2n) is 28.7. The van der Waals surface area contributed by atoms with Crippen LogP contribution in [0.25, 0.3) is 14.5 Å². The van der Waals surface area contributed by atoms with E-state index in [1.165, 1.54) is 62.8 Å². The molecule has 6 aromatic rings. The van der Waals surface area contributed by atoms with Gasteiger partial charge in [0, 0.05) is 132 Å². The van der Waals surface area contributed by atoms with Crippen LogP contribution in [0.3, 0.4) is 0 Å². The highest BCUT2D eigenvalue weighted by Crippen LogP contribution is 2.34. The Morgan fingerprint density at radius 1 is 0.495 bits per heavy atom. The average Bonchev–Trinajstić information content (AvgIpc) is 1.60. The van der Waals surface area contributed by atoms with Crippen LogP contribution < -0.4 is 11.1 Å². The Morgan fingerprint density at radius 2 is 0.876 bits per heavy atom. The Bertz CT molecular complexity index is 4090. The number of amides is 5. The summed E-state index contributed by atoms with van der Waals surface area (Å²) in [5.41, 5.74) is 17.5. The first-order chi connectivity index (χ1) is 50.6. The van der Waals surface area contributed by atoms with Crippen molar-refractivity contribution in [1.29, 1.82) is 0 Å². The van der Waals surface area contributed by atoms with E-state index in [4.69, 9.17) is 44.8 Å². The van der Waals surface area contributed by atoms with Crippen molar-refractivity contribution in [1.82, 2.24) is 29.8 Å². The van der Waals surface area contributed by atoms with E-state index < -0.39 is 5.97 Å². The van der Waals surface area contributed by atoms with Gasteiger partial charge in [0.05, 0.1) is 43.6 Å². The zero-order valence-corrected chi connectivity index (χ0v) is 62.9. The second kappa shape index (κ2) is 39.3. The van der Waals surface area contributed by atoms with Crippen molar-refractivity contribution in [3.05, 3.63) is 215 Å². The normalized spacial score (nSPS) is 17.9. The first-order valence-electron chi connectivity index (χ1n) is 36.8. The lowest BCUT2D eigenvalue weighted by molar-refractivity contribution is 0.0513. The molecule has 21 nitrogen and oxygen atoms in total. The number of phenolic OH excluding ortho intramolecular Hbond substituents is 2. The summed E-state index contributed by atoms with van der Waals surface area (Å²) in [5, 5.41) is 31.0. The van der Waals surface area contributed by atoms with Crippen LogP contribution in [0.4, 0.5) is 21.9 Å². The molecule has 5 amide bonds. The van der Waals surface area contributed by atoms with Crippen molar-refractivity contribution in [2.45, 2.75) is 150 Å². The molecule has 0 bridgehead atoms. The SMILES string of the molecule is Cc1cc(C(=O)N(CC2CC2)CC2CCCO2)ccc1CN.Cc1cc(C(=O)N(CC2CC2)CC2CCCO2)ccc1CNC(=O)N1CCN(Cc2cc(O)cc(O)c2)CC1.[C-]#[N+]c1ccc(Br)cc1C.[C-]#[N+]c1ccc(C(=O)N(CC2CC2)CC2CCCO2)cc1C.[C-]#[N+]c1ccc(C(=O)O)cc1C. The predicted octanol–water partition coefficient (Wildman–Crippen LogP) is 15.1. The van der Waals surface area contributed by atoms with Crippen molar-refractivity contribution in [3.63, 3.8) is 0 Å². The van der Waals surface area contributed by atoms with Crippen molar-refractivity contribution in [2.75, 3.05) is 85.3 Å². The van der Waals surface area contributed by atoms with Gasteiger partial charge in [-0.15, -0.1) is 0 Å². The highest BCUT2D eigenvalue weighted by atomic mass is 79.9. The number of aromatic carboxylic acids is 1. The van der Waals surface area contributed by atoms with E-state index in [2.05, 4.69) is 40.7 Å². The Kier molecular flexibility index (Phi) is 29.9. The van der Waals surface area contributed by atoms with Crippen molar-refractivity contribution in [2.24, 2.45) is 23.5 Å². The molecule has 0 spiro atoms. The molecular formula is C83H101BrN10O11. The van der Waals surface area contributed by atoms with Crippen LogP contribution in [0.5, 0.6) is 11.5 Å². The smallest absolute Gasteiger partial charge is 0.335 e. The fourth-order valence-electron chi connectivity index (χ4n) is 13.3. The molecule has 0 radical (unpaired) electrons. The molecule has 6 aromatic carbocycles. The number of halogens is 1. The van der Waals surface area contributed by atoms with Crippen molar-refractivity contribution >= 4 is 62.7 Å². The highest BCUT2D eigenvalue weighted by molar-refractivity contribution is 9.10. The molecule has 6 N–H and O–H groups in total. The number of aryl methyl sites for hydroxylation is 5. The van der Waals surface area contributed by atoms with E-state index in [0.29, 0.717) is 105 Å². The highest BCUT2D eigenvalue weighted by Gasteiger charge is 2.34. The standard InChI is InChI=1S/C30H40N4O5.C18H22N2O2.C18H26N2O2.C9H7NO2.C8H6BrN/c1-21-13-24(29(37)34(19-22-4-5-22)20-28-3-2-12-39-28)6-7-25(21)17-31-30(38)33-10-8-32(9-11-33)18-23-14-26(35)16-27(36)15-23;1-13-10-15(7-8-17(13)19-2)18(21)20(11-14-5-6-14)12-16-4-3-9-22-16;1-13-9-15(6-7-16(13)10-19)18(21)20(11-14-4-5-14)12-17-3-2-8-22-17;1-6-5-7(9(11)12)3-4-8(6)10-2;1-6-5-7(9)3-4-8(6)10-2/h6-7,13-16,22,28,35-36H,2-5,8-12,17-20H2,1H3,(H,31,38);7-8,10,14,16H,3-6,9,11-12H2,1H3;6-7,9,14,17H,2-5,8,10-12,19H2,1H3;3-5H,1H3,(H,11,12);3-5H,1H3. The molecule has 4 heterocycles. The number of nitrogens with two attached hydrogens (primary N) is 1. The Hall–Kier alpha value is -9.18. The van der Waals surface area contributed by atoms with Crippen LogP contribution in [0.15, 0.2) is 114 Å². The van der Waals surface area contributed by atoms with Gasteiger partial charge in [-0.05, 0) is 210 Å². The minimum Gasteiger partial charge on any atom is -0.508 e. The van der Waals surface area contributed by atoms with Crippen LogP contribution in [0, 0.1) is 72.1 Å². The summed E-state index contributed by atoms with van der Waals surface area (Å²) in [6.45, 7) is 41.3. The maximum Gasteiger partial charge on any atom is 0.335 e. The molecule has 3 aliphatic carbocycles. The van der Waals surface area contributed by atoms with Crippen LogP contribution >= 0.6 is 15.9 Å². The van der Waals surface area contributed by atoms with E-state index >= 15 is 0 Å². The molecule has 3 atom stereocenters. The van der Waals surface area contributed by atoms with Crippen LogP contribution in [0.2, 0.25) is 0 Å². The number of ether oxygens (including phenoxy) is 3. The fourth-order valence-corrected chi connectivity index (χ4v) is 13.7. The number of urea groups is 1. The molecule has 3 saturated carbocycles. The maximum absolute atomic E-state index is 13.4. The van der Waals surface area contributed by atoms with Gasteiger partial charge in [-0.25, -0.2) is 24.1 Å². The number of aromatic hydroxyl groups is 2. The van der Waals surface area contributed by atoms with Gasteiger partial charge in [0.1, 0.15) is 11.5 Å². The van der Waals surface area contributed by atoms with Gasteiger partial charge in [-0.1, -0.05) is 82.7 Å². The van der Waals surface area contributed by atoms with Gasteiger partial charge in [-0.3, -0.25) is 19.3 Å². The van der Waals surface area contributed by atoms with Gasteiger partial charge in [0.2, 0.25) is 0 Å². The number of carboxylic acid groups (broad SMARTS) is 1. The number of benzene rings is 6. The lowest BCUT2D eigenvalue weighted by Gasteiger charge is -2.34. The number of phenols is 2. The van der Waals surface area contributed by atoms with E-state index in [-0.39, 0.29) is 59.1 Å². The van der Waals surface area contributed by atoms with E-state index in [0.717, 1.165) is 139 Å². The number of carbonyl (C=O) groups excluding carboxylic acids is 4. The largest absolute Gasteiger partial charge is 0.508 e. The number of nitrogens with zero attached hydrogens (tertiary/aromatic N) is 8. The molecule has 7 aliphatic rings. The number of piperazine rings is 1. The van der Waals surface area contributed by atoms with Crippen molar-refractivity contribution in [3.8, 4) is 11.5 Å². The zero-order chi connectivity index (χ0) is 75.1. The summed E-state index contributed by atoms with van der Waals surface area (Å²) in [7, 11) is 0. The molecule has 105 heavy (non-hydrogen) atoms. The van der Waals surface area contributed by atoms with Gasteiger partial charge in [-0.2, -0.15) is 0 Å². The van der Waals surface area contributed by atoms with Gasteiger partial charge in [0.15, 0.2) is 17.1 Å². The molecule has 22 heteroatoms. The fraction of sp³-hybridized carbons (Fsp3) is 0.470. The quantitative estimate of drug-likeness (QED) is 0.0422. The summed E-state index contributed by atoms with van der Waals surface area (Å²) in [4.78, 5) is 82.4. The minimum atomic E-state index is -0.963. The monoisotopic (exact) mass is 1490 g/mol. The topological polar surface area (TPSA) is 241 Å². The van der Waals surface area contributed by atoms with Gasteiger partial charge < -0.3 is 60.2 Å². The second-order valence-corrected chi connectivity index (χ2v) is 29.6. The Labute approximate surface area is 627 Å². The Morgan fingerprint density at radius 3 is 1.24 bits per heavy atom. The predicted molar refractivity (Wildman–Crippen MR) is 409 cm³/mol. The van der Waals surface area contributed by atoms with Crippen LogP contribution in [0.1, 0.15) is 163 Å². The summed E-state index contributed by atoms with van der Waals surface area (Å²) < 4.78 is 18.2. The van der Waals surface area contributed by atoms with Crippen LogP contribution in [-0.2, 0) is 33.8 Å². The summed E-state index contributed by atoms with van der Waals surface area (Å²) in [6, 6.07) is 31.6. The molecule has 0 aromatic heterocycles. The first-order valence-corrected chi connectivity index (χ1v) is 37.6. The minimum absolute atomic E-state index is 0.0463. The number of rotatable bonds is 21. The average molecular weight is 1490 g/mol. The zero-order valence-electron chi connectivity index (χ0n) is 61.3. The molecule has 4 saturated heterocycles. The number of hydrogen-bond donors (Lipinski definition) is 5. The summed E-state index contributed by atoms with van der Waals surface area (Å²) in [6.07, 6.45) is 14.3. The third-order valence-corrected chi connectivity index (χ3v) is 20.5. The third-order valence-electron chi connectivity index (χ3n) is 20.0. The molecule has 556 valence electrons. The number of carbonyl (C=O) groups is 5. The number of hydrogen-bond acceptors (Lipinski definition) is 12. The summed E-state index contributed by atoms with van der Waals surface area (Å²) in [5.74, 6) is 1.37. The molecular weight excluding hydrogens is 1390 g/mol. The third kappa shape index (κ3) is 25.0. The lowest BCUT2D eigenvalue weighted by Crippen LogP contribution is -2.51. The molecule has 3 unspecified atom stereocenters. The number of carboxylic acids is 1. The van der Waals surface area contributed by atoms with Gasteiger partial charge >= 0.3 is 12.0 Å².